The number of fused-ring (bicyclic) bond motifs is 3. The first-order chi connectivity index (χ1) is 20.6. The van der Waals surface area contributed by atoms with Crippen molar-refractivity contribution in [2.45, 2.75) is 32.1 Å². The fourth-order valence-electron chi connectivity index (χ4n) is 6.19. The molecule has 0 radical (unpaired) electrons. The van der Waals surface area contributed by atoms with Crippen molar-refractivity contribution < 1.29 is 9.13 Å². The van der Waals surface area contributed by atoms with E-state index in [2.05, 4.69) is 68.6 Å². The van der Waals surface area contributed by atoms with Gasteiger partial charge in [-0.05, 0) is 65.3 Å². The average Bonchev–Trinajstić information content (AvgIpc) is 3.03. The second-order valence-corrected chi connectivity index (χ2v) is 11.4. The maximum Gasteiger partial charge on any atom is 0.227 e. The number of anilines is 2. The largest absolute Gasteiger partial charge is 0.383 e. The predicted octanol–water partition coefficient (Wildman–Crippen LogP) is 6.08. The molecular weight excluding hydrogens is 525 g/mol. The van der Waals surface area contributed by atoms with Crippen LogP contribution in [0.5, 0.6) is 0 Å². The van der Waals surface area contributed by atoms with Crippen molar-refractivity contribution in [1.82, 2.24) is 19.8 Å². The quantitative estimate of drug-likeness (QED) is 0.251. The van der Waals surface area contributed by atoms with Crippen LogP contribution in [0.25, 0.3) is 11.3 Å². The minimum atomic E-state index is -0.128. The fraction of sp³-hybridized carbons (Fsp3) is 0.371. The number of aryl methyl sites for hydroxylation is 1. The van der Waals surface area contributed by atoms with Crippen LogP contribution in [0.15, 0.2) is 72.9 Å². The number of rotatable bonds is 10. The first-order valence-corrected chi connectivity index (χ1v) is 15.1. The zero-order valence-electron chi connectivity index (χ0n) is 24.7. The Balaban J connectivity index is 1.10. The van der Waals surface area contributed by atoms with E-state index in [-0.39, 0.29) is 11.7 Å². The summed E-state index contributed by atoms with van der Waals surface area (Å²) in [5, 5.41) is 3.40. The summed E-state index contributed by atoms with van der Waals surface area (Å²) in [6.07, 6.45) is 4.40. The van der Waals surface area contributed by atoms with Crippen molar-refractivity contribution >= 4 is 11.6 Å². The number of nitrogens with one attached hydrogen (secondary N) is 1. The van der Waals surface area contributed by atoms with Gasteiger partial charge in [-0.2, -0.15) is 0 Å². The van der Waals surface area contributed by atoms with Crippen molar-refractivity contribution in [3.8, 4) is 11.3 Å². The van der Waals surface area contributed by atoms with E-state index in [1.807, 2.05) is 25.3 Å². The molecule has 0 saturated carbocycles. The number of hydrogen-bond donors (Lipinski definition) is 1. The third kappa shape index (κ3) is 6.38. The third-order valence-electron chi connectivity index (χ3n) is 8.74. The molecule has 1 atom stereocenters. The zero-order valence-corrected chi connectivity index (χ0v) is 24.7. The molecule has 218 valence electrons. The van der Waals surface area contributed by atoms with Gasteiger partial charge in [-0.15, -0.1) is 0 Å². The number of halogens is 1. The minimum absolute atomic E-state index is 0.0728. The maximum absolute atomic E-state index is 14.7. The summed E-state index contributed by atoms with van der Waals surface area (Å²) in [5.41, 5.74) is 8.35. The van der Waals surface area contributed by atoms with Gasteiger partial charge in [0.2, 0.25) is 5.95 Å². The van der Waals surface area contributed by atoms with Gasteiger partial charge >= 0.3 is 0 Å². The lowest BCUT2D eigenvalue weighted by atomic mass is 9.77. The second-order valence-electron chi connectivity index (χ2n) is 11.4. The van der Waals surface area contributed by atoms with E-state index in [9.17, 15) is 4.39 Å². The Bertz CT molecular complexity index is 1500. The van der Waals surface area contributed by atoms with Crippen LogP contribution < -0.4 is 5.32 Å². The molecule has 1 unspecified atom stereocenters. The van der Waals surface area contributed by atoms with E-state index in [1.165, 1.54) is 11.1 Å². The minimum Gasteiger partial charge on any atom is -0.383 e. The maximum atomic E-state index is 14.7. The van der Waals surface area contributed by atoms with Crippen molar-refractivity contribution in [2.24, 2.45) is 0 Å². The van der Waals surface area contributed by atoms with Gasteiger partial charge in [0.15, 0.2) is 0 Å². The molecule has 42 heavy (non-hydrogen) atoms. The number of aromatic nitrogens is 2. The van der Waals surface area contributed by atoms with Crippen LogP contribution >= 0.6 is 0 Å². The van der Waals surface area contributed by atoms with E-state index < -0.39 is 0 Å². The molecule has 1 saturated heterocycles. The Morgan fingerprint density at radius 3 is 2.45 bits per heavy atom. The summed E-state index contributed by atoms with van der Waals surface area (Å²) in [5.74, 6) is 0.527. The van der Waals surface area contributed by atoms with Crippen LogP contribution in [0.1, 0.15) is 40.7 Å². The third-order valence-corrected chi connectivity index (χ3v) is 8.74. The van der Waals surface area contributed by atoms with Gasteiger partial charge in [0, 0.05) is 69.7 Å². The number of benzene rings is 3. The monoisotopic (exact) mass is 565 g/mol. The highest BCUT2D eigenvalue weighted by molar-refractivity contribution is 5.73. The summed E-state index contributed by atoms with van der Waals surface area (Å²) in [4.78, 5) is 14.6. The molecule has 0 amide bonds. The van der Waals surface area contributed by atoms with Crippen LogP contribution in [0.3, 0.4) is 0 Å². The van der Waals surface area contributed by atoms with Crippen molar-refractivity contribution in [1.29, 1.82) is 0 Å². The van der Waals surface area contributed by atoms with Crippen molar-refractivity contribution in [3.05, 3.63) is 107 Å². The lowest BCUT2D eigenvalue weighted by molar-refractivity contribution is 0.0976. The van der Waals surface area contributed by atoms with Crippen LogP contribution in [0.2, 0.25) is 0 Å². The van der Waals surface area contributed by atoms with Crippen molar-refractivity contribution in [3.63, 3.8) is 0 Å². The Labute approximate surface area is 248 Å². The fourth-order valence-corrected chi connectivity index (χ4v) is 6.19. The summed E-state index contributed by atoms with van der Waals surface area (Å²) >= 11 is 0. The Hall–Kier alpha value is -3.65. The van der Waals surface area contributed by atoms with Gasteiger partial charge in [-0.1, -0.05) is 55.5 Å². The highest BCUT2D eigenvalue weighted by Gasteiger charge is 2.28. The molecule has 6 nitrogen and oxygen atoms in total. The number of nitrogens with zero attached hydrogens (tertiary/aromatic N) is 4. The molecular formula is C35H40FN5O. The summed E-state index contributed by atoms with van der Waals surface area (Å²) < 4.78 is 19.9. The highest BCUT2D eigenvalue weighted by Crippen LogP contribution is 2.42. The Morgan fingerprint density at radius 2 is 1.71 bits per heavy atom. The molecule has 4 aromatic rings. The molecule has 2 aliphatic rings. The van der Waals surface area contributed by atoms with E-state index in [4.69, 9.17) is 9.72 Å². The summed E-state index contributed by atoms with van der Waals surface area (Å²) in [6, 6.07) is 22.7. The van der Waals surface area contributed by atoms with Crippen LogP contribution in [-0.4, -0.2) is 72.8 Å². The molecule has 1 fully saturated rings. The predicted molar refractivity (Wildman–Crippen MR) is 167 cm³/mol. The SMILES string of the molecule is CCc1ccc(C2Cc3cnc(Nc4ccc(CCN5CCN(CCOC)CC5)cc4)nc3-c3ccccc32)cc1F. The molecule has 0 spiro atoms. The van der Waals surface area contributed by atoms with Gasteiger partial charge in [0.05, 0.1) is 12.3 Å². The number of methoxy groups -OCH3 is 1. The number of hydrogen-bond acceptors (Lipinski definition) is 6. The van der Waals surface area contributed by atoms with Gasteiger partial charge in [-0.3, -0.25) is 4.90 Å². The zero-order chi connectivity index (χ0) is 28.9. The van der Waals surface area contributed by atoms with E-state index in [0.717, 1.165) is 92.4 Å². The van der Waals surface area contributed by atoms with Gasteiger partial charge in [0.25, 0.3) is 0 Å². The topological polar surface area (TPSA) is 53.5 Å². The molecule has 7 heteroatoms. The molecule has 1 N–H and O–H groups in total. The lowest BCUT2D eigenvalue weighted by Crippen LogP contribution is -2.47. The second kappa shape index (κ2) is 13.1. The lowest BCUT2D eigenvalue weighted by Gasteiger charge is -2.34. The van der Waals surface area contributed by atoms with Crippen LogP contribution in [0, 0.1) is 5.82 Å². The molecule has 1 aliphatic heterocycles. The molecule has 6 rings (SSSR count). The summed E-state index contributed by atoms with van der Waals surface area (Å²) in [7, 11) is 1.77. The Kier molecular flexibility index (Phi) is 8.89. The molecule has 1 aromatic heterocycles. The molecule has 3 aromatic carbocycles. The molecule has 1 aliphatic carbocycles. The van der Waals surface area contributed by atoms with Crippen LogP contribution in [0.4, 0.5) is 16.0 Å². The Morgan fingerprint density at radius 1 is 0.952 bits per heavy atom. The normalized spacial score (nSPS) is 17.1. The molecule has 0 bridgehead atoms. The van der Waals surface area contributed by atoms with E-state index >= 15 is 0 Å². The standard InChI is InChI=1S/C35H40FN5O/c1-3-26-10-11-27(23-33(26)36)32-22-28-24-37-35(39-34(28)31-7-5-4-6-30(31)32)38-29-12-8-25(9-13-29)14-15-40-16-18-41(19-17-40)20-21-42-2/h4-13,23-24,32H,3,14-22H2,1-2H3,(H,37,38,39). The van der Waals surface area contributed by atoms with Gasteiger partial charge in [-0.25, -0.2) is 14.4 Å². The summed E-state index contributed by atoms with van der Waals surface area (Å²) in [6.45, 7) is 9.35. The van der Waals surface area contributed by atoms with E-state index in [1.54, 1.807) is 13.2 Å². The first kappa shape index (κ1) is 28.5. The van der Waals surface area contributed by atoms with Crippen molar-refractivity contribution in [2.75, 3.05) is 58.3 Å². The van der Waals surface area contributed by atoms with Gasteiger partial charge < -0.3 is 15.0 Å². The van der Waals surface area contributed by atoms with Gasteiger partial charge in [0.1, 0.15) is 5.82 Å². The van der Waals surface area contributed by atoms with E-state index in [0.29, 0.717) is 12.4 Å². The molecule has 2 heterocycles. The smallest absolute Gasteiger partial charge is 0.227 e. The first-order valence-electron chi connectivity index (χ1n) is 15.1. The highest BCUT2D eigenvalue weighted by atomic mass is 19.1. The number of ether oxygens (including phenoxy) is 1. The number of piperazine rings is 1. The average molecular weight is 566 g/mol. The van der Waals surface area contributed by atoms with Crippen LogP contribution in [-0.2, 0) is 24.0 Å².